The van der Waals surface area contributed by atoms with Gasteiger partial charge in [0, 0.05) is 18.0 Å². The summed E-state index contributed by atoms with van der Waals surface area (Å²) in [5.41, 5.74) is 6.93. The normalized spacial score (nSPS) is 12.7. The van der Waals surface area contributed by atoms with E-state index in [4.69, 9.17) is 5.73 Å². The third kappa shape index (κ3) is 4.08. The number of aromatic nitrogens is 2. The lowest BCUT2D eigenvalue weighted by Crippen LogP contribution is -2.26. The summed E-state index contributed by atoms with van der Waals surface area (Å²) in [5, 5.41) is 3.52. The van der Waals surface area contributed by atoms with Gasteiger partial charge in [0.1, 0.15) is 17.5 Å². The van der Waals surface area contributed by atoms with E-state index in [0.717, 1.165) is 30.0 Å². The molecule has 0 spiro atoms. The Kier molecular flexibility index (Phi) is 6.06. The van der Waals surface area contributed by atoms with Crippen LogP contribution < -0.4 is 11.1 Å². The molecule has 108 valence electrons. The molecule has 1 aromatic heterocycles. The Morgan fingerprint density at radius 3 is 2.32 bits per heavy atom. The molecule has 1 heterocycles. The molecule has 0 aromatic carbocycles. The molecule has 3 N–H and O–H groups in total. The van der Waals surface area contributed by atoms with E-state index in [9.17, 15) is 0 Å². The second-order valence-electron chi connectivity index (χ2n) is 5.26. The number of hydrogen-bond donors (Lipinski definition) is 2. The first-order valence-corrected chi connectivity index (χ1v) is 7.42. The maximum Gasteiger partial charge on any atom is 0.134 e. The van der Waals surface area contributed by atoms with Crippen LogP contribution >= 0.6 is 0 Å². The van der Waals surface area contributed by atoms with Gasteiger partial charge in [-0.25, -0.2) is 9.97 Å². The van der Waals surface area contributed by atoms with E-state index in [1.165, 1.54) is 12.8 Å². The van der Waals surface area contributed by atoms with E-state index in [2.05, 4.69) is 43.0 Å². The van der Waals surface area contributed by atoms with Gasteiger partial charge in [-0.2, -0.15) is 0 Å². The van der Waals surface area contributed by atoms with Crippen LogP contribution in [0.1, 0.15) is 58.3 Å². The second-order valence-corrected chi connectivity index (χ2v) is 5.26. The highest BCUT2D eigenvalue weighted by Crippen LogP contribution is 2.22. The number of nitrogens with one attached hydrogen (secondary N) is 1. The summed E-state index contributed by atoms with van der Waals surface area (Å²) in [6, 6.07) is 0.400. The molecule has 1 atom stereocenters. The lowest BCUT2D eigenvalue weighted by atomic mass is 9.95. The average molecular weight is 264 g/mol. The molecule has 1 unspecified atom stereocenters. The minimum absolute atomic E-state index is 0.400. The molecule has 4 heteroatoms. The number of nitrogens with zero attached hydrogens (tertiary/aromatic N) is 2. The smallest absolute Gasteiger partial charge is 0.134 e. The second kappa shape index (κ2) is 7.31. The zero-order chi connectivity index (χ0) is 14.4. The van der Waals surface area contributed by atoms with Crippen LogP contribution in [0.15, 0.2) is 0 Å². The molecule has 0 aliphatic rings. The van der Waals surface area contributed by atoms with Crippen LogP contribution in [0.5, 0.6) is 0 Å². The molecule has 0 bridgehead atoms. The minimum Gasteiger partial charge on any atom is -0.383 e. The highest BCUT2D eigenvalue weighted by Gasteiger charge is 2.16. The quantitative estimate of drug-likeness (QED) is 0.790. The summed E-state index contributed by atoms with van der Waals surface area (Å²) in [4.78, 5) is 8.95. The third-order valence-electron chi connectivity index (χ3n) is 3.82. The van der Waals surface area contributed by atoms with Crippen molar-refractivity contribution >= 4 is 11.6 Å². The zero-order valence-corrected chi connectivity index (χ0v) is 13.0. The Labute approximate surface area is 117 Å². The summed E-state index contributed by atoms with van der Waals surface area (Å²) < 4.78 is 0. The fourth-order valence-electron chi connectivity index (χ4n) is 2.39. The van der Waals surface area contributed by atoms with Crippen molar-refractivity contribution in [3.8, 4) is 0 Å². The standard InChI is InChI=1S/C15H28N4/c1-6-9-13-18-14(16)10(4)15(19-13)17-11(5)12(7-2)8-3/h11-12H,6-9H2,1-5H3,(H3,16,17,18,19). The third-order valence-corrected chi connectivity index (χ3v) is 3.82. The number of anilines is 2. The fraction of sp³-hybridized carbons (Fsp3) is 0.733. The molecule has 0 radical (unpaired) electrons. The molecular formula is C15H28N4. The Balaban J connectivity index is 2.92. The minimum atomic E-state index is 0.400. The van der Waals surface area contributed by atoms with E-state index in [-0.39, 0.29) is 0 Å². The molecule has 0 amide bonds. The predicted octanol–water partition coefficient (Wildman–Crippen LogP) is 3.56. The predicted molar refractivity (Wildman–Crippen MR) is 82.3 cm³/mol. The van der Waals surface area contributed by atoms with Crippen LogP contribution in [0.3, 0.4) is 0 Å². The van der Waals surface area contributed by atoms with Crippen molar-refractivity contribution in [2.45, 2.75) is 66.3 Å². The van der Waals surface area contributed by atoms with E-state index >= 15 is 0 Å². The molecular weight excluding hydrogens is 236 g/mol. The van der Waals surface area contributed by atoms with E-state index in [1.54, 1.807) is 0 Å². The van der Waals surface area contributed by atoms with Crippen molar-refractivity contribution in [2.75, 3.05) is 11.1 Å². The van der Waals surface area contributed by atoms with Crippen LogP contribution in [-0.4, -0.2) is 16.0 Å². The van der Waals surface area contributed by atoms with Crippen molar-refractivity contribution in [3.05, 3.63) is 11.4 Å². The lowest BCUT2D eigenvalue weighted by Gasteiger charge is -2.24. The van der Waals surface area contributed by atoms with E-state index < -0.39 is 0 Å². The molecule has 0 aliphatic carbocycles. The highest BCUT2D eigenvalue weighted by atomic mass is 15.1. The first-order valence-electron chi connectivity index (χ1n) is 7.42. The molecule has 0 saturated heterocycles. The fourth-order valence-corrected chi connectivity index (χ4v) is 2.39. The summed E-state index contributed by atoms with van der Waals surface area (Å²) in [5.74, 6) is 2.99. The monoisotopic (exact) mass is 264 g/mol. The van der Waals surface area contributed by atoms with Gasteiger partial charge in [-0.3, -0.25) is 0 Å². The summed E-state index contributed by atoms with van der Waals surface area (Å²) in [6.07, 6.45) is 4.25. The van der Waals surface area contributed by atoms with Crippen LogP contribution in [0.25, 0.3) is 0 Å². The molecule has 1 rings (SSSR count). The topological polar surface area (TPSA) is 63.8 Å². The van der Waals surface area contributed by atoms with Gasteiger partial charge in [-0.1, -0.05) is 33.6 Å². The Morgan fingerprint density at radius 2 is 1.79 bits per heavy atom. The maximum atomic E-state index is 5.98. The number of hydrogen-bond acceptors (Lipinski definition) is 4. The summed E-state index contributed by atoms with van der Waals surface area (Å²) in [7, 11) is 0. The van der Waals surface area contributed by atoms with Gasteiger partial charge in [0.2, 0.25) is 0 Å². The first-order chi connectivity index (χ1) is 9.03. The number of nitrogen functional groups attached to an aromatic ring is 1. The summed E-state index contributed by atoms with van der Waals surface area (Å²) in [6.45, 7) is 10.8. The Hall–Kier alpha value is -1.32. The van der Waals surface area contributed by atoms with Gasteiger partial charge in [-0.15, -0.1) is 0 Å². The number of aryl methyl sites for hydroxylation is 1. The van der Waals surface area contributed by atoms with Crippen molar-refractivity contribution < 1.29 is 0 Å². The molecule has 4 nitrogen and oxygen atoms in total. The van der Waals surface area contributed by atoms with Crippen LogP contribution in [0.4, 0.5) is 11.6 Å². The van der Waals surface area contributed by atoms with Gasteiger partial charge in [0.15, 0.2) is 0 Å². The Morgan fingerprint density at radius 1 is 1.16 bits per heavy atom. The number of nitrogens with two attached hydrogens (primary N) is 1. The molecule has 0 fully saturated rings. The van der Waals surface area contributed by atoms with Crippen molar-refractivity contribution in [1.82, 2.24) is 9.97 Å². The Bertz CT molecular complexity index is 399. The van der Waals surface area contributed by atoms with Crippen molar-refractivity contribution in [1.29, 1.82) is 0 Å². The van der Waals surface area contributed by atoms with Crippen molar-refractivity contribution in [2.24, 2.45) is 5.92 Å². The number of rotatable bonds is 7. The zero-order valence-electron chi connectivity index (χ0n) is 13.0. The van der Waals surface area contributed by atoms with Gasteiger partial charge in [0.05, 0.1) is 0 Å². The lowest BCUT2D eigenvalue weighted by molar-refractivity contribution is 0.437. The first kappa shape index (κ1) is 15.7. The van der Waals surface area contributed by atoms with Crippen molar-refractivity contribution in [3.63, 3.8) is 0 Å². The van der Waals surface area contributed by atoms with Gasteiger partial charge < -0.3 is 11.1 Å². The molecule has 1 aromatic rings. The average Bonchev–Trinajstić information content (AvgIpc) is 2.37. The maximum absolute atomic E-state index is 5.98. The van der Waals surface area contributed by atoms with E-state index in [0.29, 0.717) is 17.8 Å². The molecule has 0 aliphatic heterocycles. The van der Waals surface area contributed by atoms with Gasteiger partial charge in [-0.05, 0) is 26.2 Å². The van der Waals surface area contributed by atoms with Crippen LogP contribution in [0.2, 0.25) is 0 Å². The van der Waals surface area contributed by atoms with Crippen LogP contribution in [-0.2, 0) is 6.42 Å². The highest BCUT2D eigenvalue weighted by molar-refractivity contribution is 5.55. The SMILES string of the molecule is CCCc1nc(N)c(C)c(NC(C)C(CC)CC)n1. The molecule has 19 heavy (non-hydrogen) atoms. The van der Waals surface area contributed by atoms with Gasteiger partial charge in [0.25, 0.3) is 0 Å². The van der Waals surface area contributed by atoms with Crippen LogP contribution in [0, 0.1) is 12.8 Å². The van der Waals surface area contributed by atoms with E-state index in [1.807, 2.05) is 6.92 Å². The largest absolute Gasteiger partial charge is 0.383 e. The van der Waals surface area contributed by atoms with Gasteiger partial charge >= 0.3 is 0 Å². The summed E-state index contributed by atoms with van der Waals surface area (Å²) >= 11 is 0. The molecule has 0 saturated carbocycles.